The maximum Gasteiger partial charge on any atom is 0.231 e. The minimum atomic E-state index is -0.316. The first-order chi connectivity index (χ1) is 10.6. The van der Waals surface area contributed by atoms with Gasteiger partial charge >= 0.3 is 0 Å². The molecule has 0 bridgehead atoms. The van der Waals surface area contributed by atoms with Gasteiger partial charge in [0.25, 0.3) is 0 Å². The minimum Gasteiger partial charge on any atom is -0.481 e. The number of primary amides is 1. The lowest BCUT2D eigenvalue weighted by molar-refractivity contribution is -0.136. The van der Waals surface area contributed by atoms with Crippen molar-refractivity contribution >= 4 is 11.8 Å². The minimum absolute atomic E-state index is 0.0606. The third kappa shape index (κ3) is 2.65. The normalized spacial score (nSPS) is 24.0. The van der Waals surface area contributed by atoms with E-state index in [4.69, 9.17) is 10.5 Å². The first-order valence-corrected chi connectivity index (χ1v) is 7.72. The number of carbonyl (C=O) groups excluding carboxylic acids is 2. The van der Waals surface area contributed by atoms with Crippen LogP contribution in [0.4, 0.5) is 0 Å². The van der Waals surface area contributed by atoms with E-state index in [9.17, 15) is 9.59 Å². The summed E-state index contributed by atoms with van der Waals surface area (Å²) in [5.74, 6) is -0.171. The first-order valence-electron chi connectivity index (χ1n) is 7.72. The van der Waals surface area contributed by atoms with E-state index >= 15 is 0 Å². The number of aromatic nitrogens is 1. The number of nitrogens with zero attached hydrogens (tertiary/aromatic N) is 2. The van der Waals surface area contributed by atoms with Gasteiger partial charge in [0, 0.05) is 19.2 Å². The van der Waals surface area contributed by atoms with E-state index in [0.29, 0.717) is 19.0 Å². The predicted molar refractivity (Wildman–Crippen MR) is 80.3 cm³/mol. The molecular weight excluding hydrogens is 282 g/mol. The Balaban J connectivity index is 1.78. The average Bonchev–Trinajstić information content (AvgIpc) is 2.97. The number of nitrogens with two attached hydrogens (primary N) is 1. The zero-order valence-electron chi connectivity index (χ0n) is 12.7. The van der Waals surface area contributed by atoms with Crippen LogP contribution in [0.25, 0.3) is 0 Å². The largest absolute Gasteiger partial charge is 0.481 e. The van der Waals surface area contributed by atoms with Gasteiger partial charge in [-0.1, -0.05) is 6.07 Å². The van der Waals surface area contributed by atoms with Gasteiger partial charge in [-0.3, -0.25) is 9.59 Å². The number of pyridine rings is 1. The number of ether oxygens (including phenoxy) is 1. The Morgan fingerprint density at radius 2 is 2.18 bits per heavy atom. The third-order valence-corrected chi connectivity index (χ3v) is 4.66. The quantitative estimate of drug-likeness (QED) is 0.896. The lowest BCUT2D eigenvalue weighted by Gasteiger charge is -2.33. The van der Waals surface area contributed by atoms with Crippen LogP contribution in [0.1, 0.15) is 36.4 Å². The summed E-state index contributed by atoms with van der Waals surface area (Å²) in [6, 6.07) is 3.81. The molecule has 2 N–H and O–H groups in total. The van der Waals surface area contributed by atoms with Crippen molar-refractivity contribution in [2.24, 2.45) is 11.7 Å². The standard InChI is InChI=1S/C16H21N3O3/c1-22-13-7-5-10-4-6-12(14(10)18-13)16(21)19-8-2-3-11(9-19)15(17)20/h5,7,11-12H,2-4,6,8-9H2,1H3,(H2,17,20)/t11-,12-/m0/s1. The number of piperidine rings is 1. The number of carbonyl (C=O) groups is 2. The van der Waals surface area contributed by atoms with Crippen molar-refractivity contribution in [2.45, 2.75) is 31.6 Å². The van der Waals surface area contributed by atoms with Gasteiger partial charge in [0.05, 0.1) is 24.6 Å². The highest BCUT2D eigenvalue weighted by Gasteiger charge is 2.36. The van der Waals surface area contributed by atoms with Crippen LogP contribution in [0.2, 0.25) is 0 Å². The average molecular weight is 303 g/mol. The van der Waals surface area contributed by atoms with Gasteiger partial charge in [0.15, 0.2) is 0 Å². The summed E-state index contributed by atoms with van der Waals surface area (Å²) in [4.78, 5) is 30.4. The van der Waals surface area contributed by atoms with Crippen LogP contribution in [0, 0.1) is 5.92 Å². The van der Waals surface area contributed by atoms with Crippen LogP contribution < -0.4 is 10.5 Å². The molecule has 1 aromatic rings. The zero-order chi connectivity index (χ0) is 15.7. The number of fused-ring (bicyclic) bond motifs is 1. The number of amides is 2. The van der Waals surface area contributed by atoms with E-state index < -0.39 is 0 Å². The van der Waals surface area contributed by atoms with Crippen molar-refractivity contribution in [3.63, 3.8) is 0 Å². The molecule has 6 nitrogen and oxygen atoms in total. The number of aryl methyl sites for hydroxylation is 1. The van der Waals surface area contributed by atoms with Crippen molar-refractivity contribution in [2.75, 3.05) is 20.2 Å². The van der Waals surface area contributed by atoms with E-state index in [1.165, 1.54) is 0 Å². The monoisotopic (exact) mass is 303 g/mol. The van der Waals surface area contributed by atoms with Crippen molar-refractivity contribution in [3.8, 4) is 5.88 Å². The third-order valence-electron chi connectivity index (χ3n) is 4.66. The van der Waals surface area contributed by atoms with Crippen molar-refractivity contribution in [1.82, 2.24) is 9.88 Å². The maximum atomic E-state index is 12.8. The van der Waals surface area contributed by atoms with E-state index in [1.54, 1.807) is 12.0 Å². The van der Waals surface area contributed by atoms with Crippen LogP contribution in [-0.4, -0.2) is 41.9 Å². The first kappa shape index (κ1) is 14.8. The molecule has 2 heterocycles. The summed E-state index contributed by atoms with van der Waals surface area (Å²) < 4.78 is 5.16. The lowest BCUT2D eigenvalue weighted by atomic mass is 9.95. The van der Waals surface area contributed by atoms with Gasteiger partial charge in [-0.05, 0) is 31.2 Å². The maximum absolute atomic E-state index is 12.8. The Morgan fingerprint density at radius 1 is 1.36 bits per heavy atom. The number of hydrogen-bond acceptors (Lipinski definition) is 4. The lowest BCUT2D eigenvalue weighted by Crippen LogP contribution is -2.45. The molecule has 1 aliphatic heterocycles. The van der Waals surface area contributed by atoms with Crippen molar-refractivity contribution in [1.29, 1.82) is 0 Å². The van der Waals surface area contributed by atoms with Crippen LogP contribution in [0.3, 0.4) is 0 Å². The summed E-state index contributed by atoms with van der Waals surface area (Å²) >= 11 is 0. The fourth-order valence-electron chi connectivity index (χ4n) is 3.42. The Labute approximate surface area is 129 Å². The summed E-state index contributed by atoms with van der Waals surface area (Å²) in [6.07, 6.45) is 3.22. The van der Waals surface area contributed by atoms with Crippen LogP contribution in [0.5, 0.6) is 5.88 Å². The second kappa shape index (κ2) is 5.94. The predicted octanol–water partition coefficient (Wildman–Crippen LogP) is 0.844. The molecule has 2 atom stereocenters. The summed E-state index contributed by atoms with van der Waals surface area (Å²) in [5, 5.41) is 0. The van der Waals surface area contributed by atoms with Crippen molar-refractivity contribution in [3.05, 3.63) is 23.4 Å². The van der Waals surface area contributed by atoms with E-state index in [0.717, 1.165) is 36.9 Å². The van der Waals surface area contributed by atoms with E-state index in [1.807, 2.05) is 12.1 Å². The summed E-state index contributed by atoms with van der Waals surface area (Å²) in [6.45, 7) is 1.13. The van der Waals surface area contributed by atoms with Gasteiger partial charge in [-0.2, -0.15) is 0 Å². The van der Waals surface area contributed by atoms with Gasteiger partial charge < -0.3 is 15.4 Å². The van der Waals surface area contributed by atoms with Crippen molar-refractivity contribution < 1.29 is 14.3 Å². The second-order valence-corrected chi connectivity index (χ2v) is 6.02. The molecule has 1 aliphatic carbocycles. The van der Waals surface area contributed by atoms with Crippen LogP contribution in [-0.2, 0) is 16.0 Å². The molecule has 1 saturated heterocycles. The molecule has 6 heteroatoms. The SMILES string of the molecule is COc1ccc2c(n1)[C@@H](C(=O)N1CCC[C@H](C(N)=O)C1)CC2. The fourth-order valence-corrected chi connectivity index (χ4v) is 3.42. The van der Waals surface area contributed by atoms with E-state index in [2.05, 4.69) is 4.98 Å². The molecule has 1 fully saturated rings. The molecule has 0 saturated carbocycles. The molecule has 2 amide bonds. The van der Waals surface area contributed by atoms with Gasteiger partial charge in [0.2, 0.25) is 17.7 Å². The Hall–Kier alpha value is -2.11. The molecule has 118 valence electrons. The number of rotatable bonds is 3. The van der Waals surface area contributed by atoms with Gasteiger partial charge in [-0.15, -0.1) is 0 Å². The fraction of sp³-hybridized carbons (Fsp3) is 0.562. The molecule has 0 spiro atoms. The van der Waals surface area contributed by atoms with Gasteiger partial charge in [0.1, 0.15) is 0 Å². The number of methoxy groups -OCH3 is 1. The summed E-state index contributed by atoms with van der Waals surface area (Å²) in [7, 11) is 1.57. The Bertz CT molecular complexity index is 602. The highest BCUT2D eigenvalue weighted by atomic mass is 16.5. The highest BCUT2D eigenvalue weighted by molar-refractivity contribution is 5.85. The second-order valence-electron chi connectivity index (χ2n) is 6.02. The Kier molecular flexibility index (Phi) is 4.00. The molecule has 0 aromatic carbocycles. The highest BCUT2D eigenvalue weighted by Crippen LogP contribution is 2.35. The molecule has 0 radical (unpaired) electrons. The summed E-state index contributed by atoms with van der Waals surface area (Å²) in [5.41, 5.74) is 7.33. The van der Waals surface area contributed by atoms with Gasteiger partial charge in [-0.25, -0.2) is 4.98 Å². The molecule has 22 heavy (non-hydrogen) atoms. The molecule has 3 rings (SSSR count). The van der Waals surface area contributed by atoms with Crippen LogP contribution in [0.15, 0.2) is 12.1 Å². The number of hydrogen-bond donors (Lipinski definition) is 1. The molecule has 0 unspecified atom stereocenters. The zero-order valence-corrected chi connectivity index (χ0v) is 12.7. The topological polar surface area (TPSA) is 85.5 Å². The number of likely N-dealkylation sites (tertiary alicyclic amines) is 1. The van der Waals surface area contributed by atoms with E-state index in [-0.39, 0.29) is 23.7 Å². The molecule has 1 aromatic heterocycles. The smallest absolute Gasteiger partial charge is 0.231 e. The van der Waals surface area contributed by atoms with Crippen LogP contribution >= 0.6 is 0 Å². The Morgan fingerprint density at radius 3 is 2.91 bits per heavy atom. The molecule has 2 aliphatic rings. The molecular formula is C16H21N3O3.